The zero-order valence-corrected chi connectivity index (χ0v) is 16.2. The van der Waals surface area contributed by atoms with Crippen LogP contribution in [0.25, 0.3) is 71.3 Å². The van der Waals surface area contributed by atoms with Gasteiger partial charge in [0.1, 0.15) is 27.8 Å². The molecule has 0 fully saturated rings. The van der Waals surface area contributed by atoms with Crippen molar-refractivity contribution >= 4 is 71.3 Å². The second kappa shape index (κ2) is 5.21. The summed E-state index contributed by atoms with van der Waals surface area (Å²) in [6.45, 7) is 0. The van der Waals surface area contributed by atoms with Crippen LogP contribution in [-0.2, 0) is 0 Å². The van der Waals surface area contributed by atoms with Crippen molar-refractivity contribution < 1.29 is 8.83 Å². The Balaban J connectivity index is 1.67. The molecule has 8 rings (SSSR count). The molecule has 31 heavy (non-hydrogen) atoms. The zero-order valence-electron chi connectivity index (χ0n) is 16.2. The maximum Gasteiger partial charge on any atom is 0.163 e. The van der Waals surface area contributed by atoms with E-state index in [9.17, 15) is 0 Å². The first-order valence-corrected chi connectivity index (χ1v) is 10.2. The fourth-order valence-electron chi connectivity index (χ4n) is 5.02. The van der Waals surface area contributed by atoms with Gasteiger partial charge in [-0.2, -0.15) is 0 Å². The molecule has 0 aliphatic rings. The van der Waals surface area contributed by atoms with Crippen LogP contribution in [-0.4, -0.2) is 14.4 Å². The van der Waals surface area contributed by atoms with E-state index in [1.54, 1.807) is 6.20 Å². The summed E-state index contributed by atoms with van der Waals surface area (Å²) < 4.78 is 14.9. The lowest BCUT2D eigenvalue weighted by Gasteiger charge is -2.07. The summed E-state index contributed by atoms with van der Waals surface area (Å²) in [7, 11) is 0. The third-order valence-electron chi connectivity index (χ3n) is 6.31. The van der Waals surface area contributed by atoms with Crippen molar-refractivity contribution in [3.05, 3.63) is 79.3 Å². The Labute approximate surface area is 174 Å². The van der Waals surface area contributed by atoms with E-state index in [2.05, 4.69) is 44.7 Å². The molecule has 5 heterocycles. The van der Waals surface area contributed by atoms with Gasteiger partial charge in [-0.1, -0.05) is 24.3 Å². The predicted molar refractivity (Wildman–Crippen MR) is 123 cm³/mol. The molecule has 0 saturated heterocycles. The highest BCUT2D eigenvalue weighted by Gasteiger charge is 2.20. The Kier molecular flexibility index (Phi) is 2.60. The predicted octanol–water partition coefficient (Wildman–Crippen LogP) is 6.83. The fourth-order valence-corrected chi connectivity index (χ4v) is 5.02. The number of hydrogen-bond acceptors (Lipinski definition) is 4. The minimum atomic E-state index is 0.817. The first-order valence-electron chi connectivity index (χ1n) is 10.2. The number of benzene rings is 3. The molecule has 0 atom stereocenters. The topological polar surface area (TPSA) is 56.5 Å². The highest BCUT2D eigenvalue weighted by atomic mass is 16.3. The molecular weight excluding hydrogens is 386 g/mol. The first kappa shape index (κ1) is 15.5. The van der Waals surface area contributed by atoms with Gasteiger partial charge in [0.25, 0.3) is 0 Å². The summed E-state index contributed by atoms with van der Waals surface area (Å²) in [5.74, 6) is 0. The molecule has 0 bridgehead atoms. The van der Waals surface area contributed by atoms with Gasteiger partial charge in [0.15, 0.2) is 5.65 Å². The minimum Gasteiger partial charge on any atom is -0.455 e. The van der Waals surface area contributed by atoms with Crippen molar-refractivity contribution in [3.63, 3.8) is 0 Å². The molecule has 0 aliphatic heterocycles. The quantitative estimate of drug-likeness (QED) is 0.262. The second-order valence-corrected chi connectivity index (χ2v) is 7.87. The van der Waals surface area contributed by atoms with E-state index in [1.807, 2.05) is 42.7 Å². The third-order valence-corrected chi connectivity index (χ3v) is 6.31. The van der Waals surface area contributed by atoms with E-state index < -0.39 is 0 Å². The Hall–Kier alpha value is -4.38. The number of aromatic nitrogens is 3. The van der Waals surface area contributed by atoms with E-state index in [-0.39, 0.29) is 0 Å². The van der Waals surface area contributed by atoms with Crippen molar-refractivity contribution in [3.8, 4) is 0 Å². The lowest BCUT2D eigenvalue weighted by molar-refractivity contribution is 0.665. The van der Waals surface area contributed by atoms with Gasteiger partial charge < -0.3 is 8.83 Å². The van der Waals surface area contributed by atoms with E-state index in [4.69, 9.17) is 8.83 Å². The van der Waals surface area contributed by atoms with Crippen LogP contribution in [0.5, 0.6) is 0 Å². The first-order chi connectivity index (χ1) is 15.4. The molecule has 3 aromatic carbocycles. The summed E-state index contributed by atoms with van der Waals surface area (Å²) in [6.07, 6.45) is 5.58. The summed E-state index contributed by atoms with van der Waals surface area (Å²) in [4.78, 5) is 9.17. The van der Waals surface area contributed by atoms with Crippen LogP contribution in [0.3, 0.4) is 0 Å². The van der Waals surface area contributed by atoms with Crippen LogP contribution in [0, 0.1) is 0 Å². The van der Waals surface area contributed by atoms with Crippen molar-refractivity contribution in [2.75, 3.05) is 0 Å². The van der Waals surface area contributed by atoms with Gasteiger partial charge in [-0.3, -0.25) is 9.38 Å². The Bertz CT molecular complexity index is 2010. The van der Waals surface area contributed by atoms with Crippen LogP contribution in [0.1, 0.15) is 0 Å². The molecule has 8 aromatic rings. The number of furan rings is 2. The van der Waals surface area contributed by atoms with E-state index in [1.165, 1.54) is 0 Å². The molecule has 0 spiro atoms. The van der Waals surface area contributed by atoms with Crippen molar-refractivity contribution in [2.45, 2.75) is 0 Å². The van der Waals surface area contributed by atoms with Gasteiger partial charge in [0.05, 0.1) is 16.3 Å². The normalized spacial score (nSPS) is 12.5. The van der Waals surface area contributed by atoms with Crippen LogP contribution < -0.4 is 0 Å². The number of para-hydroxylation sites is 1. The molecule has 0 aliphatic carbocycles. The van der Waals surface area contributed by atoms with Crippen molar-refractivity contribution in [1.82, 2.24) is 14.4 Å². The zero-order chi connectivity index (χ0) is 20.1. The van der Waals surface area contributed by atoms with Gasteiger partial charge >= 0.3 is 0 Å². The number of nitrogens with zero attached hydrogens (tertiary/aromatic N) is 3. The minimum absolute atomic E-state index is 0.817. The van der Waals surface area contributed by atoms with Gasteiger partial charge in [0.2, 0.25) is 0 Å². The molecule has 5 aromatic heterocycles. The number of hydrogen-bond donors (Lipinski definition) is 0. The highest BCUT2D eigenvalue weighted by molar-refractivity contribution is 6.28. The molecule has 5 nitrogen and oxygen atoms in total. The second-order valence-electron chi connectivity index (χ2n) is 7.87. The van der Waals surface area contributed by atoms with Gasteiger partial charge in [-0.15, -0.1) is 0 Å². The van der Waals surface area contributed by atoms with Crippen LogP contribution in [0.2, 0.25) is 0 Å². The molecule has 0 saturated carbocycles. The van der Waals surface area contributed by atoms with Gasteiger partial charge in [0, 0.05) is 40.1 Å². The van der Waals surface area contributed by atoms with Crippen LogP contribution in [0.4, 0.5) is 0 Å². The summed E-state index contributed by atoms with van der Waals surface area (Å²) in [6, 6.07) is 20.6. The monoisotopic (exact) mass is 399 g/mol. The molecule has 5 heteroatoms. The Morgan fingerprint density at radius 1 is 0.613 bits per heavy atom. The summed E-state index contributed by atoms with van der Waals surface area (Å²) in [5.41, 5.74) is 6.16. The van der Waals surface area contributed by atoms with Gasteiger partial charge in [-0.25, -0.2) is 4.98 Å². The summed E-state index contributed by atoms with van der Waals surface area (Å²) in [5, 5.41) is 6.32. The Morgan fingerprint density at radius 3 is 2.45 bits per heavy atom. The molecular formula is C26H13N3O2. The number of imidazole rings is 1. The average molecular weight is 399 g/mol. The lowest BCUT2D eigenvalue weighted by Crippen LogP contribution is -1.92. The highest BCUT2D eigenvalue weighted by Crippen LogP contribution is 2.42. The van der Waals surface area contributed by atoms with Crippen molar-refractivity contribution in [1.29, 1.82) is 0 Å². The number of rotatable bonds is 0. The largest absolute Gasteiger partial charge is 0.455 e. The molecule has 0 radical (unpaired) electrons. The molecule has 0 unspecified atom stereocenters. The number of fused-ring (bicyclic) bond motifs is 14. The maximum absolute atomic E-state index is 6.48. The maximum atomic E-state index is 6.48. The SMILES string of the molecule is c1ccc2c(c1)oc1c2ccc2oc3c(ccc4c3c3cccnc3c3nccn43)c21. The molecule has 0 amide bonds. The standard InChI is InChI=1S/C26H13N3O2/c1-2-6-19-14(4-1)15-8-10-20-22(24(15)30-19)17-7-9-18-21(25(17)31-20)16-5-3-11-27-23(16)26-28-12-13-29(18)26/h1-13H. The van der Waals surface area contributed by atoms with E-state index in [0.29, 0.717) is 0 Å². The summed E-state index contributed by atoms with van der Waals surface area (Å²) >= 11 is 0. The van der Waals surface area contributed by atoms with E-state index >= 15 is 0 Å². The van der Waals surface area contributed by atoms with Crippen molar-refractivity contribution in [2.24, 2.45) is 0 Å². The fraction of sp³-hybridized carbons (Fsp3) is 0. The average Bonchev–Trinajstić information content (AvgIpc) is 3.53. The van der Waals surface area contributed by atoms with Crippen LogP contribution in [0.15, 0.2) is 88.1 Å². The molecule has 144 valence electrons. The lowest BCUT2D eigenvalue weighted by atomic mass is 10.0. The van der Waals surface area contributed by atoms with E-state index in [0.717, 1.165) is 71.3 Å². The van der Waals surface area contributed by atoms with Crippen LogP contribution >= 0.6 is 0 Å². The molecule has 0 N–H and O–H groups in total. The number of pyridine rings is 2. The smallest absolute Gasteiger partial charge is 0.163 e. The van der Waals surface area contributed by atoms with Gasteiger partial charge in [-0.05, 0) is 36.4 Å². The Morgan fingerprint density at radius 2 is 1.45 bits per heavy atom. The third kappa shape index (κ3) is 1.78.